The highest BCUT2D eigenvalue weighted by atomic mass is 35.5. The zero-order chi connectivity index (χ0) is 24.2. The van der Waals surface area contributed by atoms with Crippen molar-refractivity contribution in [2.24, 2.45) is 5.73 Å². The zero-order valence-electron chi connectivity index (χ0n) is 17.9. The van der Waals surface area contributed by atoms with Gasteiger partial charge < -0.3 is 19.9 Å². The molecule has 4 rings (SSSR count). The first kappa shape index (κ1) is 23.2. The number of rotatable bonds is 5. The molecule has 2 N–H and O–H groups in total. The average Bonchev–Trinajstić information content (AvgIpc) is 2.82. The molecule has 34 heavy (non-hydrogen) atoms. The highest BCUT2D eigenvalue weighted by Crippen LogP contribution is 2.44. The van der Waals surface area contributed by atoms with Gasteiger partial charge in [-0.3, -0.25) is 0 Å². The van der Waals surface area contributed by atoms with Gasteiger partial charge in [0, 0.05) is 27.8 Å². The smallest absolute Gasteiger partial charge is 0.336 e. The van der Waals surface area contributed by atoms with Gasteiger partial charge in [0.1, 0.15) is 28.9 Å². The van der Waals surface area contributed by atoms with Gasteiger partial charge in [0.15, 0.2) is 0 Å². The minimum atomic E-state index is -0.604. The molecule has 0 amide bonds. The third-order valence-electron chi connectivity index (χ3n) is 5.20. The van der Waals surface area contributed by atoms with Crippen molar-refractivity contribution in [3.05, 3.63) is 105 Å². The molecule has 0 aliphatic carbocycles. The standard InChI is InChI=1S/C26H18Cl2N2O4/c1-32-18-4-2-3-16(11-18)25-20-9-8-19(13-23(20)34-26(30)21(25)14-29)33-24(31)10-6-15-5-7-17(27)12-22(15)28/h2-13,25H,30H2,1H3/b10-6+. The lowest BCUT2D eigenvalue weighted by Crippen LogP contribution is -2.21. The first-order valence-electron chi connectivity index (χ1n) is 10.1. The summed E-state index contributed by atoms with van der Waals surface area (Å²) in [5.74, 6) is 0.226. The van der Waals surface area contributed by atoms with Gasteiger partial charge in [-0.15, -0.1) is 0 Å². The number of nitriles is 1. The third-order valence-corrected chi connectivity index (χ3v) is 5.76. The number of ether oxygens (including phenoxy) is 3. The van der Waals surface area contributed by atoms with Gasteiger partial charge in [-0.25, -0.2) is 4.79 Å². The number of nitrogens with zero attached hydrogens (tertiary/aromatic N) is 1. The first-order valence-corrected chi connectivity index (χ1v) is 10.9. The van der Waals surface area contributed by atoms with Crippen LogP contribution in [0.2, 0.25) is 10.0 Å². The molecule has 0 spiro atoms. The maximum Gasteiger partial charge on any atom is 0.336 e. The van der Waals surface area contributed by atoms with Gasteiger partial charge in [0.2, 0.25) is 5.88 Å². The van der Waals surface area contributed by atoms with E-state index in [1.54, 1.807) is 43.5 Å². The predicted octanol–water partition coefficient (Wildman–Crippen LogP) is 5.84. The summed E-state index contributed by atoms with van der Waals surface area (Å²) < 4.78 is 16.4. The van der Waals surface area contributed by atoms with Crippen LogP contribution in [0.4, 0.5) is 0 Å². The Morgan fingerprint density at radius 2 is 1.94 bits per heavy atom. The van der Waals surface area contributed by atoms with Gasteiger partial charge in [0.25, 0.3) is 0 Å². The van der Waals surface area contributed by atoms with Crippen LogP contribution in [-0.4, -0.2) is 13.1 Å². The average molecular weight is 493 g/mol. The monoisotopic (exact) mass is 492 g/mol. The number of carbonyl (C=O) groups excluding carboxylic acids is 1. The van der Waals surface area contributed by atoms with Gasteiger partial charge in [-0.2, -0.15) is 5.26 Å². The molecule has 1 aliphatic rings. The second-order valence-corrected chi connectivity index (χ2v) is 8.16. The Morgan fingerprint density at radius 1 is 1.12 bits per heavy atom. The van der Waals surface area contributed by atoms with Crippen LogP contribution in [0.15, 0.2) is 78.2 Å². The molecule has 0 radical (unpaired) electrons. The van der Waals surface area contributed by atoms with Crippen LogP contribution < -0.4 is 19.9 Å². The number of methoxy groups -OCH3 is 1. The Balaban J connectivity index is 1.60. The summed E-state index contributed by atoms with van der Waals surface area (Å²) in [5.41, 5.74) is 8.49. The summed E-state index contributed by atoms with van der Waals surface area (Å²) in [5, 5.41) is 10.6. The third kappa shape index (κ3) is 4.86. The number of halogens is 2. The Morgan fingerprint density at radius 3 is 2.68 bits per heavy atom. The lowest BCUT2D eigenvalue weighted by Gasteiger charge is -2.26. The van der Waals surface area contributed by atoms with Crippen LogP contribution in [-0.2, 0) is 4.79 Å². The molecule has 0 fully saturated rings. The quantitative estimate of drug-likeness (QED) is 0.273. The molecule has 1 unspecified atom stereocenters. The molecule has 8 heteroatoms. The number of benzene rings is 3. The molecule has 0 aromatic heterocycles. The minimum absolute atomic E-state index is 0.0106. The Bertz CT molecular complexity index is 1380. The van der Waals surface area contributed by atoms with Crippen LogP contribution in [0.5, 0.6) is 17.2 Å². The fourth-order valence-electron chi connectivity index (χ4n) is 3.61. The van der Waals surface area contributed by atoms with E-state index in [0.717, 1.165) is 5.56 Å². The van der Waals surface area contributed by atoms with Gasteiger partial charge >= 0.3 is 5.97 Å². The van der Waals surface area contributed by atoms with E-state index >= 15 is 0 Å². The van der Waals surface area contributed by atoms with Gasteiger partial charge in [-0.05, 0) is 47.5 Å². The van der Waals surface area contributed by atoms with Gasteiger partial charge in [0.05, 0.1) is 13.0 Å². The second kappa shape index (κ2) is 9.92. The highest BCUT2D eigenvalue weighted by Gasteiger charge is 2.31. The summed E-state index contributed by atoms with van der Waals surface area (Å²) in [6.07, 6.45) is 2.80. The minimum Gasteiger partial charge on any atom is -0.497 e. The summed E-state index contributed by atoms with van der Waals surface area (Å²) >= 11 is 12.0. The lowest BCUT2D eigenvalue weighted by atomic mass is 9.83. The highest BCUT2D eigenvalue weighted by molar-refractivity contribution is 6.35. The normalized spacial score (nSPS) is 14.8. The summed E-state index contributed by atoms with van der Waals surface area (Å²) in [6.45, 7) is 0. The van der Waals surface area contributed by atoms with Crippen LogP contribution in [0, 0.1) is 11.3 Å². The van der Waals surface area contributed by atoms with E-state index in [9.17, 15) is 10.1 Å². The molecule has 0 bridgehead atoms. The van der Waals surface area contributed by atoms with E-state index < -0.39 is 11.9 Å². The molecular weight excluding hydrogens is 475 g/mol. The largest absolute Gasteiger partial charge is 0.497 e. The van der Waals surface area contributed by atoms with Crippen molar-refractivity contribution < 1.29 is 19.0 Å². The topological polar surface area (TPSA) is 94.6 Å². The van der Waals surface area contributed by atoms with Crippen molar-refractivity contribution in [2.75, 3.05) is 7.11 Å². The maximum absolute atomic E-state index is 12.3. The summed E-state index contributed by atoms with van der Waals surface area (Å²) in [7, 11) is 1.57. The number of nitrogens with two attached hydrogens (primary N) is 1. The maximum atomic E-state index is 12.3. The number of hydrogen-bond donors (Lipinski definition) is 1. The van der Waals surface area contributed by atoms with Crippen molar-refractivity contribution in [3.8, 4) is 23.3 Å². The van der Waals surface area contributed by atoms with Crippen molar-refractivity contribution in [1.82, 2.24) is 0 Å². The number of allylic oxidation sites excluding steroid dienone is 1. The van der Waals surface area contributed by atoms with E-state index in [0.29, 0.717) is 32.7 Å². The van der Waals surface area contributed by atoms with Crippen LogP contribution in [0.3, 0.4) is 0 Å². The number of hydrogen-bond acceptors (Lipinski definition) is 6. The van der Waals surface area contributed by atoms with E-state index in [2.05, 4.69) is 6.07 Å². The molecule has 1 heterocycles. The fourth-order valence-corrected chi connectivity index (χ4v) is 4.08. The summed E-state index contributed by atoms with van der Waals surface area (Å²) in [6, 6.07) is 19.4. The molecule has 3 aromatic carbocycles. The Labute approximate surface area is 206 Å². The van der Waals surface area contributed by atoms with E-state index in [-0.39, 0.29) is 17.2 Å². The second-order valence-electron chi connectivity index (χ2n) is 7.32. The Hall–Kier alpha value is -3.92. The zero-order valence-corrected chi connectivity index (χ0v) is 19.4. The summed E-state index contributed by atoms with van der Waals surface area (Å²) in [4.78, 5) is 12.3. The molecule has 1 aliphatic heterocycles. The van der Waals surface area contributed by atoms with E-state index in [1.807, 2.05) is 24.3 Å². The molecular formula is C26H18Cl2N2O4. The SMILES string of the molecule is COc1cccc(C2C(C#N)=C(N)Oc3cc(OC(=O)/C=C/c4ccc(Cl)cc4Cl)ccc32)c1. The molecule has 6 nitrogen and oxygen atoms in total. The van der Waals surface area contributed by atoms with Crippen molar-refractivity contribution in [1.29, 1.82) is 5.26 Å². The first-order chi connectivity index (χ1) is 16.4. The van der Waals surface area contributed by atoms with Crippen LogP contribution in [0.25, 0.3) is 6.08 Å². The van der Waals surface area contributed by atoms with E-state index in [1.165, 1.54) is 12.2 Å². The Kier molecular flexibility index (Phi) is 6.78. The number of carbonyl (C=O) groups is 1. The van der Waals surface area contributed by atoms with Gasteiger partial charge in [-0.1, -0.05) is 47.5 Å². The lowest BCUT2D eigenvalue weighted by molar-refractivity contribution is -0.128. The van der Waals surface area contributed by atoms with Crippen LogP contribution >= 0.6 is 23.2 Å². The number of esters is 1. The molecule has 170 valence electrons. The molecule has 3 aromatic rings. The molecule has 0 saturated heterocycles. The van der Waals surface area contributed by atoms with Crippen molar-refractivity contribution in [3.63, 3.8) is 0 Å². The van der Waals surface area contributed by atoms with Crippen molar-refractivity contribution >= 4 is 35.2 Å². The molecule has 0 saturated carbocycles. The molecule has 1 atom stereocenters. The fraction of sp³-hybridized carbons (Fsp3) is 0.0769. The van der Waals surface area contributed by atoms with Crippen molar-refractivity contribution in [2.45, 2.75) is 5.92 Å². The predicted molar refractivity (Wildman–Crippen MR) is 130 cm³/mol. The van der Waals surface area contributed by atoms with Crippen LogP contribution in [0.1, 0.15) is 22.6 Å². The number of fused-ring (bicyclic) bond motifs is 1. The van der Waals surface area contributed by atoms with E-state index in [4.69, 9.17) is 43.1 Å².